The van der Waals surface area contributed by atoms with Gasteiger partial charge in [-0.15, -0.1) is 0 Å². The highest BCUT2D eigenvalue weighted by molar-refractivity contribution is 5.69. The summed E-state index contributed by atoms with van der Waals surface area (Å²) in [7, 11) is 0. The van der Waals surface area contributed by atoms with Crippen LogP contribution in [0.2, 0.25) is 0 Å². The maximum atomic E-state index is 12.5. The van der Waals surface area contributed by atoms with Gasteiger partial charge in [0.25, 0.3) is 0 Å². The number of carboxylic acids is 1. The quantitative estimate of drug-likeness (QED) is 0.755. The largest absolute Gasteiger partial charge is 0.480 e. The molecule has 130 valence electrons. The number of nitrogens with zero attached hydrogens (tertiary/aromatic N) is 2. The van der Waals surface area contributed by atoms with Gasteiger partial charge in [0.15, 0.2) is 0 Å². The first kappa shape index (κ1) is 19.4. The predicted octanol–water partition coefficient (Wildman–Crippen LogP) is 2.93. The molecular formula is C16H23F3N2O2. The molecule has 1 rings (SSSR count). The third-order valence-electron chi connectivity index (χ3n) is 3.67. The van der Waals surface area contributed by atoms with Crippen LogP contribution in [-0.4, -0.2) is 53.6 Å². The van der Waals surface area contributed by atoms with Gasteiger partial charge in [-0.2, -0.15) is 13.2 Å². The normalized spacial score (nSPS) is 12.1. The van der Waals surface area contributed by atoms with Gasteiger partial charge in [0, 0.05) is 19.6 Å². The molecule has 0 amide bonds. The fourth-order valence-corrected chi connectivity index (χ4v) is 2.29. The molecule has 0 saturated carbocycles. The highest BCUT2D eigenvalue weighted by Gasteiger charge is 2.30. The highest BCUT2D eigenvalue weighted by Crippen LogP contribution is 2.29. The van der Waals surface area contributed by atoms with Crippen molar-refractivity contribution in [2.24, 2.45) is 0 Å². The van der Waals surface area contributed by atoms with E-state index < -0.39 is 17.7 Å². The SMILES string of the molecule is CCN(CC)CCN(CC(=O)O)Cc1ccc(C(F)(F)F)cc1. The zero-order chi connectivity index (χ0) is 17.5. The summed E-state index contributed by atoms with van der Waals surface area (Å²) in [5.41, 5.74) is -0.0343. The van der Waals surface area contributed by atoms with Crippen molar-refractivity contribution in [3.05, 3.63) is 35.4 Å². The van der Waals surface area contributed by atoms with Crippen molar-refractivity contribution in [3.63, 3.8) is 0 Å². The topological polar surface area (TPSA) is 43.8 Å². The smallest absolute Gasteiger partial charge is 0.416 e. The molecule has 1 aromatic rings. The first-order chi connectivity index (χ1) is 10.8. The van der Waals surface area contributed by atoms with Crippen molar-refractivity contribution >= 4 is 5.97 Å². The van der Waals surface area contributed by atoms with Crippen LogP contribution in [0.15, 0.2) is 24.3 Å². The van der Waals surface area contributed by atoms with Crippen LogP contribution in [-0.2, 0) is 17.5 Å². The molecule has 4 nitrogen and oxygen atoms in total. The van der Waals surface area contributed by atoms with E-state index in [1.807, 2.05) is 13.8 Å². The Hall–Kier alpha value is -1.60. The van der Waals surface area contributed by atoms with Gasteiger partial charge in [0.1, 0.15) is 0 Å². The van der Waals surface area contributed by atoms with Gasteiger partial charge in [0.05, 0.1) is 12.1 Å². The van der Waals surface area contributed by atoms with Gasteiger partial charge in [-0.05, 0) is 30.8 Å². The van der Waals surface area contributed by atoms with Crippen molar-refractivity contribution in [1.29, 1.82) is 0 Å². The molecule has 0 unspecified atom stereocenters. The predicted molar refractivity (Wildman–Crippen MR) is 82.1 cm³/mol. The average Bonchev–Trinajstić information content (AvgIpc) is 2.47. The maximum absolute atomic E-state index is 12.5. The second-order valence-corrected chi connectivity index (χ2v) is 5.33. The van der Waals surface area contributed by atoms with E-state index in [2.05, 4.69) is 4.90 Å². The first-order valence-corrected chi connectivity index (χ1v) is 7.58. The molecule has 0 atom stereocenters. The Balaban J connectivity index is 2.70. The summed E-state index contributed by atoms with van der Waals surface area (Å²) in [5.74, 6) is -0.948. The maximum Gasteiger partial charge on any atom is 0.416 e. The molecule has 0 spiro atoms. The van der Waals surface area contributed by atoms with E-state index in [1.54, 1.807) is 4.90 Å². The van der Waals surface area contributed by atoms with Crippen molar-refractivity contribution in [3.8, 4) is 0 Å². The van der Waals surface area contributed by atoms with Crippen LogP contribution in [0.25, 0.3) is 0 Å². The Bertz CT molecular complexity index is 485. The molecule has 0 heterocycles. The van der Waals surface area contributed by atoms with Gasteiger partial charge in [0.2, 0.25) is 0 Å². The molecule has 0 aromatic heterocycles. The van der Waals surface area contributed by atoms with Crippen molar-refractivity contribution < 1.29 is 23.1 Å². The summed E-state index contributed by atoms with van der Waals surface area (Å²) in [6.07, 6.45) is -4.36. The van der Waals surface area contributed by atoms with Crippen LogP contribution < -0.4 is 0 Å². The van der Waals surface area contributed by atoms with Gasteiger partial charge in [-0.3, -0.25) is 9.69 Å². The van der Waals surface area contributed by atoms with Crippen LogP contribution in [0.5, 0.6) is 0 Å². The monoisotopic (exact) mass is 332 g/mol. The third kappa shape index (κ3) is 7.00. The second kappa shape index (κ2) is 8.88. The van der Waals surface area contributed by atoms with Crippen molar-refractivity contribution in [2.45, 2.75) is 26.6 Å². The minimum atomic E-state index is -4.36. The van der Waals surface area contributed by atoms with Gasteiger partial charge in [-0.1, -0.05) is 26.0 Å². The van der Waals surface area contributed by atoms with Gasteiger partial charge in [-0.25, -0.2) is 0 Å². The number of likely N-dealkylation sites (N-methyl/N-ethyl adjacent to an activating group) is 1. The molecule has 1 N–H and O–H groups in total. The third-order valence-corrected chi connectivity index (χ3v) is 3.67. The van der Waals surface area contributed by atoms with E-state index in [0.717, 1.165) is 31.8 Å². The molecule has 0 aliphatic heterocycles. The molecule has 0 aliphatic rings. The molecule has 0 fully saturated rings. The lowest BCUT2D eigenvalue weighted by molar-refractivity contribution is -0.138. The minimum absolute atomic E-state index is 0.137. The molecule has 7 heteroatoms. The second-order valence-electron chi connectivity index (χ2n) is 5.33. The highest BCUT2D eigenvalue weighted by atomic mass is 19.4. The van der Waals surface area contributed by atoms with E-state index in [9.17, 15) is 18.0 Å². The van der Waals surface area contributed by atoms with E-state index in [4.69, 9.17) is 5.11 Å². The zero-order valence-electron chi connectivity index (χ0n) is 13.4. The number of carbonyl (C=O) groups is 1. The standard InChI is InChI=1S/C16H23F3N2O2/c1-3-20(4-2)9-10-21(12-15(22)23)11-13-5-7-14(8-6-13)16(17,18)19/h5-8H,3-4,9-12H2,1-2H3,(H,22,23). The molecule has 0 bridgehead atoms. The Morgan fingerprint density at radius 1 is 1.04 bits per heavy atom. The Morgan fingerprint density at radius 2 is 1.57 bits per heavy atom. The number of carboxylic acid groups (broad SMARTS) is 1. The lowest BCUT2D eigenvalue weighted by Crippen LogP contribution is -2.37. The number of rotatable bonds is 9. The summed E-state index contributed by atoms with van der Waals surface area (Å²) in [6.45, 7) is 7.25. The van der Waals surface area contributed by atoms with Crippen LogP contribution in [0, 0.1) is 0 Å². The minimum Gasteiger partial charge on any atom is -0.480 e. The summed E-state index contributed by atoms with van der Waals surface area (Å²) >= 11 is 0. The lowest BCUT2D eigenvalue weighted by Gasteiger charge is -2.25. The number of aliphatic carboxylic acids is 1. The molecule has 0 aliphatic carbocycles. The van der Waals surface area contributed by atoms with Gasteiger partial charge >= 0.3 is 12.1 Å². The number of halogens is 3. The van der Waals surface area contributed by atoms with Gasteiger partial charge < -0.3 is 10.0 Å². The van der Waals surface area contributed by atoms with Crippen molar-refractivity contribution in [1.82, 2.24) is 9.80 Å². The summed E-state index contributed by atoms with van der Waals surface area (Å²) in [4.78, 5) is 14.9. The number of alkyl halides is 3. The number of benzene rings is 1. The van der Waals surface area contributed by atoms with Crippen LogP contribution in [0.4, 0.5) is 13.2 Å². The van der Waals surface area contributed by atoms with E-state index >= 15 is 0 Å². The molecule has 1 aromatic carbocycles. The molecule has 0 radical (unpaired) electrons. The summed E-state index contributed by atoms with van der Waals surface area (Å²) < 4.78 is 37.6. The average molecular weight is 332 g/mol. The van der Waals surface area contributed by atoms with E-state index in [1.165, 1.54) is 12.1 Å². The van der Waals surface area contributed by atoms with Crippen LogP contribution in [0.1, 0.15) is 25.0 Å². The Morgan fingerprint density at radius 3 is 2.00 bits per heavy atom. The molecule has 0 saturated heterocycles. The number of hydrogen-bond acceptors (Lipinski definition) is 3. The molecular weight excluding hydrogens is 309 g/mol. The van der Waals surface area contributed by atoms with E-state index in [-0.39, 0.29) is 6.54 Å². The molecule has 23 heavy (non-hydrogen) atoms. The Kier molecular flexibility index (Phi) is 7.51. The number of hydrogen-bond donors (Lipinski definition) is 1. The lowest BCUT2D eigenvalue weighted by atomic mass is 10.1. The van der Waals surface area contributed by atoms with Crippen LogP contribution >= 0.6 is 0 Å². The van der Waals surface area contributed by atoms with E-state index in [0.29, 0.717) is 18.7 Å². The first-order valence-electron chi connectivity index (χ1n) is 7.58. The summed E-state index contributed by atoms with van der Waals surface area (Å²) in [6, 6.07) is 4.85. The fraction of sp³-hybridized carbons (Fsp3) is 0.562. The Labute approximate surface area is 134 Å². The summed E-state index contributed by atoms with van der Waals surface area (Å²) in [5, 5.41) is 8.99. The van der Waals surface area contributed by atoms with Crippen molar-refractivity contribution in [2.75, 3.05) is 32.7 Å². The zero-order valence-corrected chi connectivity index (χ0v) is 13.4. The fourth-order valence-electron chi connectivity index (χ4n) is 2.29. The van der Waals surface area contributed by atoms with Crippen LogP contribution in [0.3, 0.4) is 0 Å².